The van der Waals surface area contributed by atoms with Gasteiger partial charge in [-0.25, -0.2) is 9.59 Å². The summed E-state index contributed by atoms with van der Waals surface area (Å²) in [6, 6.07) is 0. The van der Waals surface area contributed by atoms with Gasteiger partial charge in [0.2, 0.25) is 0 Å². The Hall–Kier alpha value is -1.14. The Kier molecular flexibility index (Phi) is 13.1. The number of hydrogen-bond acceptors (Lipinski definition) is 4. The second-order valence-corrected chi connectivity index (χ2v) is 3.98. The van der Waals surface area contributed by atoms with E-state index in [4.69, 9.17) is 20.4 Å². The summed E-state index contributed by atoms with van der Waals surface area (Å²) in [4.78, 5) is 19.5. The molecule has 108 valence electrons. The van der Waals surface area contributed by atoms with Crippen LogP contribution in [0.4, 0.5) is 0 Å². The minimum absolute atomic E-state index is 1.36. The Morgan fingerprint density at radius 2 is 1.06 bits per heavy atom. The highest BCUT2D eigenvalue weighted by Crippen LogP contribution is 2.03. The SMILES string of the molecule is CCCCCCCC.O=C(O)C(O)C(O)C(=O)O. The van der Waals surface area contributed by atoms with E-state index in [1.807, 2.05) is 0 Å². The van der Waals surface area contributed by atoms with Gasteiger partial charge in [-0.05, 0) is 0 Å². The Labute approximate surface area is 107 Å². The third-order valence-electron chi connectivity index (χ3n) is 2.26. The molecule has 0 heterocycles. The lowest BCUT2D eigenvalue weighted by atomic mass is 10.1. The predicted molar refractivity (Wildman–Crippen MR) is 66.3 cm³/mol. The number of rotatable bonds is 8. The Morgan fingerprint density at radius 3 is 1.22 bits per heavy atom. The van der Waals surface area contributed by atoms with Crippen LogP contribution in [0.15, 0.2) is 0 Å². The molecule has 0 fully saturated rings. The molecule has 0 spiro atoms. The topological polar surface area (TPSA) is 115 Å². The third kappa shape index (κ3) is 11.3. The lowest BCUT2D eigenvalue weighted by molar-refractivity contribution is -0.165. The van der Waals surface area contributed by atoms with Crippen molar-refractivity contribution in [3.8, 4) is 0 Å². The molecule has 0 aromatic carbocycles. The van der Waals surface area contributed by atoms with E-state index < -0.39 is 24.1 Å². The molecule has 0 bridgehead atoms. The van der Waals surface area contributed by atoms with Gasteiger partial charge in [0, 0.05) is 0 Å². The fraction of sp³-hybridized carbons (Fsp3) is 0.833. The molecule has 0 radical (unpaired) electrons. The summed E-state index contributed by atoms with van der Waals surface area (Å²) in [5.41, 5.74) is 0. The lowest BCUT2D eigenvalue weighted by Crippen LogP contribution is -2.39. The van der Waals surface area contributed by atoms with Gasteiger partial charge in [0.05, 0.1) is 0 Å². The zero-order chi connectivity index (χ0) is 14.6. The number of carboxylic acid groups (broad SMARTS) is 2. The van der Waals surface area contributed by atoms with Crippen LogP contribution in [0.2, 0.25) is 0 Å². The van der Waals surface area contributed by atoms with Crippen molar-refractivity contribution in [2.75, 3.05) is 0 Å². The molecule has 0 aromatic heterocycles. The minimum Gasteiger partial charge on any atom is -0.479 e. The maximum atomic E-state index is 9.77. The summed E-state index contributed by atoms with van der Waals surface area (Å²) in [5.74, 6) is -3.54. The summed E-state index contributed by atoms with van der Waals surface area (Å²) in [6.07, 6.45) is 3.96. The van der Waals surface area contributed by atoms with Gasteiger partial charge < -0.3 is 20.4 Å². The van der Waals surface area contributed by atoms with Crippen molar-refractivity contribution in [3.63, 3.8) is 0 Å². The van der Waals surface area contributed by atoms with E-state index in [0.29, 0.717) is 0 Å². The average molecular weight is 264 g/mol. The predicted octanol–water partition coefficient (Wildman–Crippen LogP) is 1.24. The van der Waals surface area contributed by atoms with Gasteiger partial charge in [0.15, 0.2) is 12.2 Å². The first-order valence-corrected chi connectivity index (χ1v) is 6.20. The molecule has 2 unspecified atom stereocenters. The molecule has 6 nitrogen and oxygen atoms in total. The van der Waals surface area contributed by atoms with Crippen LogP contribution in [0, 0.1) is 0 Å². The molecule has 0 aliphatic carbocycles. The summed E-state index contributed by atoms with van der Waals surface area (Å²) in [6.45, 7) is 4.51. The zero-order valence-corrected chi connectivity index (χ0v) is 11.0. The molecule has 4 N–H and O–H groups in total. The fourth-order valence-corrected chi connectivity index (χ4v) is 1.12. The Morgan fingerprint density at radius 1 is 0.778 bits per heavy atom. The van der Waals surface area contributed by atoms with Gasteiger partial charge in [-0.1, -0.05) is 52.4 Å². The van der Waals surface area contributed by atoms with Crippen molar-refractivity contribution in [1.82, 2.24) is 0 Å². The van der Waals surface area contributed by atoms with E-state index >= 15 is 0 Å². The normalized spacial score (nSPS) is 13.1. The Balaban J connectivity index is 0. The van der Waals surface area contributed by atoms with E-state index in [1.54, 1.807) is 0 Å². The van der Waals surface area contributed by atoms with Crippen LogP contribution in [0.25, 0.3) is 0 Å². The molecule has 0 amide bonds. The summed E-state index contributed by atoms with van der Waals surface area (Å²) >= 11 is 0. The number of carboxylic acids is 2. The number of carbonyl (C=O) groups is 2. The van der Waals surface area contributed by atoms with E-state index in [2.05, 4.69) is 13.8 Å². The molecule has 2 atom stereocenters. The lowest BCUT2D eigenvalue weighted by Gasteiger charge is -2.07. The van der Waals surface area contributed by atoms with Gasteiger partial charge in [0.1, 0.15) is 0 Å². The van der Waals surface area contributed by atoms with Gasteiger partial charge in [-0.2, -0.15) is 0 Å². The van der Waals surface area contributed by atoms with E-state index in [0.717, 1.165) is 0 Å². The molecule has 0 aliphatic rings. The van der Waals surface area contributed by atoms with Crippen LogP contribution >= 0.6 is 0 Å². The highest BCUT2D eigenvalue weighted by atomic mass is 16.4. The highest BCUT2D eigenvalue weighted by molar-refractivity contribution is 5.83. The van der Waals surface area contributed by atoms with Crippen LogP contribution in [0.5, 0.6) is 0 Å². The largest absolute Gasteiger partial charge is 0.479 e. The van der Waals surface area contributed by atoms with Gasteiger partial charge in [-0.3, -0.25) is 0 Å². The number of aliphatic hydroxyl groups excluding tert-OH is 2. The Bertz CT molecular complexity index is 205. The second-order valence-electron chi connectivity index (χ2n) is 3.98. The summed E-state index contributed by atoms with van der Waals surface area (Å²) in [5, 5.41) is 32.5. The quantitative estimate of drug-likeness (QED) is 0.490. The summed E-state index contributed by atoms with van der Waals surface area (Å²) < 4.78 is 0. The fourth-order valence-electron chi connectivity index (χ4n) is 1.12. The maximum absolute atomic E-state index is 9.77. The van der Waals surface area contributed by atoms with Crippen molar-refractivity contribution >= 4 is 11.9 Å². The number of unbranched alkanes of at least 4 members (excludes halogenated alkanes) is 5. The first-order valence-electron chi connectivity index (χ1n) is 6.20. The number of aliphatic hydroxyl groups is 2. The highest BCUT2D eigenvalue weighted by Gasteiger charge is 2.29. The maximum Gasteiger partial charge on any atom is 0.335 e. The van der Waals surface area contributed by atoms with E-state index in [-0.39, 0.29) is 0 Å². The van der Waals surface area contributed by atoms with Gasteiger partial charge in [0.25, 0.3) is 0 Å². The molecular formula is C12H24O6. The van der Waals surface area contributed by atoms with E-state index in [9.17, 15) is 9.59 Å². The molecule has 0 aromatic rings. The third-order valence-corrected chi connectivity index (χ3v) is 2.26. The van der Waals surface area contributed by atoms with Crippen molar-refractivity contribution < 1.29 is 30.0 Å². The van der Waals surface area contributed by atoms with Gasteiger partial charge >= 0.3 is 11.9 Å². The molecule has 0 aliphatic heterocycles. The van der Waals surface area contributed by atoms with Crippen LogP contribution in [0.3, 0.4) is 0 Å². The van der Waals surface area contributed by atoms with Crippen LogP contribution in [-0.2, 0) is 9.59 Å². The molecule has 0 saturated heterocycles. The standard InChI is InChI=1S/C8H18.C4H6O6/c1-3-5-7-8-6-4-2;5-1(3(7)8)2(6)4(9)10/h3-8H2,1-2H3;1-2,5-6H,(H,7,8)(H,9,10). The zero-order valence-electron chi connectivity index (χ0n) is 11.0. The molecule has 0 saturated carbocycles. The first-order chi connectivity index (χ1) is 8.38. The van der Waals surface area contributed by atoms with Crippen LogP contribution in [0.1, 0.15) is 52.4 Å². The van der Waals surface area contributed by atoms with Crippen molar-refractivity contribution in [1.29, 1.82) is 0 Å². The molecule has 0 rings (SSSR count). The van der Waals surface area contributed by atoms with Crippen molar-refractivity contribution in [2.45, 2.75) is 64.6 Å². The molecular weight excluding hydrogens is 240 g/mol. The van der Waals surface area contributed by atoms with Crippen molar-refractivity contribution in [2.24, 2.45) is 0 Å². The molecule has 18 heavy (non-hydrogen) atoms. The number of hydrogen-bond donors (Lipinski definition) is 4. The smallest absolute Gasteiger partial charge is 0.335 e. The monoisotopic (exact) mass is 264 g/mol. The van der Waals surface area contributed by atoms with Crippen LogP contribution < -0.4 is 0 Å². The number of aliphatic carboxylic acids is 2. The second kappa shape index (κ2) is 12.3. The van der Waals surface area contributed by atoms with Crippen molar-refractivity contribution in [3.05, 3.63) is 0 Å². The minimum atomic E-state index is -2.27. The van der Waals surface area contributed by atoms with Crippen LogP contribution in [-0.4, -0.2) is 44.6 Å². The molecule has 6 heteroatoms. The van der Waals surface area contributed by atoms with Gasteiger partial charge in [-0.15, -0.1) is 0 Å². The first kappa shape index (κ1) is 19.2. The average Bonchev–Trinajstić information content (AvgIpc) is 2.33. The van der Waals surface area contributed by atoms with E-state index in [1.165, 1.54) is 38.5 Å². The summed E-state index contributed by atoms with van der Waals surface area (Å²) in [7, 11) is 0.